The summed E-state index contributed by atoms with van der Waals surface area (Å²) in [5.74, 6) is -1.60. The quantitative estimate of drug-likeness (QED) is 0.898. The maximum Gasteiger partial charge on any atom is 0.339 e. The molecule has 0 radical (unpaired) electrons. The minimum Gasteiger partial charge on any atom is -0.478 e. The number of carboxylic acids is 1. The zero-order chi connectivity index (χ0) is 14.9. The molecule has 1 heterocycles. The van der Waals surface area contributed by atoms with Crippen molar-refractivity contribution in [3.63, 3.8) is 0 Å². The molecule has 1 amide bonds. The Labute approximate surface area is 125 Å². The van der Waals surface area contributed by atoms with Gasteiger partial charge in [-0.2, -0.15) is 0 Å². The van der Waals surface area contributed by atoms with Crippen LogP contribution in [0.2, 0.25) is 10.0 Å². The molecule has 1 saturated heterocycles. The van der Waals surface area contributed by atoms with E-state index in [2.05, 4.69) is 5.32 Å². The van der Waals surface area contributed by atoms with Gasteiger partial charge in [0.1, 0.15) is 11.7 Å². The SMILES string of the molecule is CC1CCOC1C(=O)Nc1c(Cl)ccc(Cl)c1C(=O)O. The number of nitrogens with one attached hydrogen (secondary N) is 1. The van der Waals surface area contributed by atoms with Crippen LogP contribution in [-0.2, 0) is 9.53 Å². The van der Waals surface area contributed by atoms with E-state index in [1.807, 2.05) is 6.92 Å². The second kappa shape index (κ2) is 5.99. The molecule has 0 aromatic heterocycles. The molecule has 1 aliphatic heterocycles. The zero-order valence-electron chi connectivity index (χ0n) is 10.7. The summed E-state index contributed by atoms with van der Waals surface area (Å²) in [6.07, 6.45) is 0.180. The first kappa shape index (κ1) is 15.1. The number of aromatic carboxylic acids is 1. The highest BCUT2D eigenvalue weighted by Gasteiger charge is 2.32. The second-order valence-corrected chi connectivity index (χ2v) is 5.45. The Morgan fingerprint density at radius 2 is 2.00 bits per heavy atom. The van der Waals surface area contributed by atoms with E-state index in [0.717, 1.165) is 6.42 Å². The van der Waals surface area contributed by atoms with E-state index in [0.29, 0.717) is 6.61 Å². The van der Waals surface area contributed by atoms with Gasteiger partial charge in [0.15, 0.2) is 0 Å². The first-order valence-electron chi connectivity index (χ1n) is 6.05. The van der Waals surface area contributed by atoms with Crippen LogP contribution in [0.25, 0.3) is 0 Å². The predicted molar refractivity (Wildman–Crippen MR) is 75.6 cm³/mol. The fourth-order valence-electron chi connectivity index (χ4n) is 2.11. The smallest absolute Gasteiger partial charge is 0.339 e. The highest BCUT2D eigenvalue weighted by Crippen LogP contribution is 2.33. The maximum atomic E-state index is 12.1. The number of carboxylic acid groups (broad SMARTS) is 1. The van der Waals surface area contributed by atoms with Gasteiger partial charge in [-0.05, 0) is 24.5 Å². The van der Waals surface area contributed by atoms with Gasteiger partial charge in [-0.3, -0.25) is 4.79 Å². The standard InChI is InChI=1S/C13H13Cl2NO4/c1-6-4-5-20-11(6)12(17)16-10-8(15)3-2-7(14)9(10)13(18)19/h2-3,6,11H,4-5H2,1H3,(H,16,17)(H,18,19). The minimum atomic E-state index is -1.26. The van der Waals surface area contributed by atoms with Gasteiger partial charge in [0.05, 0.1) is 15.7 Å². The van der Waals surface area contributed by atoms with E-state index >= 15 is 0 Å². The van der Waals surface area contributed by atoms with Crippen LogP contribution in [0.1, 0.15) is 23.7 Å². The van der Waals surface area contributed by atoms with E-state index in [9.17, 15) is 14.7 Å². The molecule has 1 aromatic carbocycles. The molecule has 0 bridgehead atoms. The number of halogens is 2. The average Bonchev–Trinajstić information content (AvgIpc) is 2.79. The molecule has 1 fully saturated rings. The molecule has 2 atom stereocenters. The summed E-state index contributed by atoms with van der Waals surface area (Å²) in [5, 5.41) is 11.8. The molecule has 1 aliphatic rings. The number of carbonyl (C=O) groups excluding carboxylic acids is 1. The van der Waals surface area contributed by atoms with Gasteiger partial charge in [0.2, 0.25) is 0 Å². The third-order valence-corrected chi connectivity index (χ3v) is 3.84. The lowest BCUT2D eigenvalue weighted by Gasteiger charge is -2.17. The van der Waals surface area contributed by atoms with Crippen molar-refractivity contribution in [3.8, 4) is 0 Å². The van der Waals surface area contributed by atoms with Gasteiger partial charge >= 0.3 is 5.97 Å². The lowest BCUT2D eigenvalue weighted by Crippen LogP contribution is -2.32. The predicted octanol–water partition coefficient (Wildman–Crippen LogP) is 3.06. The second-order valence-electron chi connectivity index (χ2n) is 4.63. The molecule has 20 heavy (non-hydrogen) atoms. The summed E-state index contributed by atoms with van der Waals surface area (Å²) in [6, 6.07) is 2.81. The van der Waals surface area contributed by atoms with Crippen molar-refractivity contribution in [1.29, 1.82) is 0 Å². The van der Waals surface area contributed by atoms with Crippen molar-refractivity contribution in [2.75, 3.05) is 11.9 Å². The molecule has 0 spiro atoms. The van der Waals surface area contributed by atoms with Crippen LogP contribution in [0.5, 0.6) is 0 Å². The molecule has 5 nitrogen and oxygen atoms in total. The molecular weight excluding hydrogens is 305 g/mol. The van der Waals surface area contributed by atoms with Crippen LogP contribution in [0.15, 0.2) is 12.1 Å². The van der Waals surface area contributed by atoms with Gasteiger partial charge in [-0.25, -0.2) is 4.79 Å². The van der Waals surface area contributed by atoms with Crippen molar-refractivity contribution < 1.29 is 19.4 Å². The van der Waals surface area contributed by atoms with Crippen LogP contribution < -0.4 is 5.32 Å². The molecule has 1 aromatic rings. The van der Waals surface area contributed by atoms with Gasteiger partial charge in [0.25, 0.3) is 5.91 Å². The lowest BCUT2D eigenvalue weighted by atomic mass is 10.0. The first-order chi connectivity index (χ1) is 9.41. The number of benzene rings is 1. The molecular formula is C13H13Cl2NO4. The third kappa shape index (κ3) is 2.90. The number of amides is 1. The summed E-state index contributed by atoms with van der Waals surface area (Å²) >= 11 is 11.8. The van der Waals surface area contributed by atoms with Crippen LogP contribution in [0.3, 0.4) is 0 Å². The molecule has 2 unspecified atom stereocenters. The van der Waals surface area contributed by atoms with Crippen LogP contribution in [-0.4, -0.2) is 29.7 Å². The maximum absolute atomic E-state index is 12.1. The fourth-order valence-corrected chi connectivity index (χ4v) is 2.55. The van der Waals surface area contributed by atoms with Gasteiger partial charge < -0.3 is 15.2 Å². The first-order valence-corrected chi connectivity index (χ1v) is 6.81. The molecule has 2 rings (SSSR count). The van der Waals surface area contributed by atoms with E-state index in [-0.39, 0.29) is 27.2 Å². The molecule has 108 valence electrons. The summed E-state index contributed by atoms with van der Waals surface area (Å²) in [4.78, 5) is 23.4. The highest BCUT2D eigenvalue weighted by molar-refractivity contribution is 6.38. The van der Waals surface area contributed by atoms with E-state index < -0.39 is 18.0 Å². The number of rotatable bonds is 3. The Bertz CT molecular complexity index is 562. The van der Waals surface area contributed by atoms with Crippen molar-refractivity contribution in [3.05, 3.63) is 27.7 Å². The molecule has 7 heteroatoms. The van der Waals surface area contributed by atoms with Gasteiger partial charge in [0, 0.05) is 6.61 Å². The number of ether oxygens (including phenoxy) is 1. The summed E-state index contributed by atoms with van der Waals surface area (Å²) < 4.78 is 5.33. The molecule has 0 saturated carbocycles. The Kier molecular flexibility index (Phi) is 4.52. The Morgan fingerprint density at radius 3 is 2.55 bits per heavy atom. The van der Waals surface area contributed by atoms with E-state index in [4.69, 9.17) is 27.9 Å². The van der Waals surface area contributed by atoms with Crippen molar-refractivity contribution in [2.24, 2.45) is 5.92 Å². The number of hydrogen-bond donors (Lipinski definition) is 2. The Hall–Kier alpha value is -1.30. The Balaban J connectivity index is 2.31. The monoisotopic (exact) mass is 317 g/mol. The lowest BCUT2D eigenvalue weighted by molar-refractivity contribution is -0.126. The van der Waals surface area contributed by atoms with Crippen LogP contribution >= 0.6 is 23.2 Å². The largest absolute Gasteiger partial charge is 0.478 e. The zero-order valence-corrected chi connectivity index (χ0v) is 12.2. The van der Waals surface area contributed by atoms with Crippen molar-refractivity contribution in [1.82, 2.24) is 0 Å². The molecule has 2 N–H and O–H groups in total. The normalized spacial score (nSPS) is 21.8. The summed E-state index contributed by atoms with van der Waals surface area (Å²) in [5.41, 5.74) is -0.225. The molecule has 0 aliphatic carbocycles. The number of anilines is 1. The number of carbonyl (C=O) groups is 2. The average molecular weight is 318 g/mol. The summed E-state index contributed by atoms with van der Waals surface area (Å²) in [7, 11) is 0. The third-order valence-electron chi connectivity index (χ3n) is 3.21. The Morgan fingerprint density at radius 1 is 1.35 bits per heavy atom. The van der Waals surface area contributed by atoms with Gasteiger partial charge in [-0.15, -0.1) is 0 Å². The van der Waals surface area contributed by atoms with Crippen LogP contribution in [0.4, 0.5) is 5.69 Å². The summed E-state index contributed by atoms with van der Waals surface area (Å²) in [6.45, 7) is 2.41. The van der Waals surface area contributed by atoms with Crippen molar-refractivity contribution in [2.45, 2.75) is 19.4 Å². The minimum absolute atomic E-state index is 0.000586. The van der Waals surface area contributed by atoms with E-state index in [1.54, 1.807) is 0 Å². The van der Waals surface area contributed by atoms with Crippen molar-refractivity contribution >= 4 is 40.8 Å². The van der Waals surface area contributed by atoms with Crippen LogP contribution in [0, 0.1) is 5.92 Å². The fraction of sp³-hybridized carbons (Fsp3) is 0.385. The number of hydrogen-bond acceptors (Lipinski definition) is 3. The topological polar surface area (TPSA) is 75.6 Å². The van der Waals surface area contributed by atoms with E-state index in [1.165, 1.54) is 12.1 Å². The van der Waals surface area contributed by atoms with Gasteiger partial charge in [-0.1, -0.05) is 30.1 Å². The highest BCUT2D eigenvalue weighted by atomic mass is 35.5.